The molecule has 0 atom stereocenters. The van der Waals surface area contributed by atoms with Crippen molar-refractivity contribution >= 4 is 11.3 Å². The summed E-state index contributed by atoms with van der Waals surface area (Å²) in [5, 5.41) is 11.6. The Morgan fingerprint density at radius 2 is 2.00 bits per heavy atom. The van der Waals surface area contributed by atoms with Gasteiger partial charge in [-0.25, -0.2) is 9.37 Å². The number of aromatic amines is 1. The summed E-state index contributed by atoms with van der Waals surface area (Å²) in [6.45, 7) is 0. The molecule has 100 valence electrons. The van der Waals surface area contributed by atoms with Crippen LogP contribution in [0.4, 0.5) is 4.39 Å². The van der Waals surface area contributed by atoms with Gasteiger partial charge in [-0.2, -0.15) is 4.98 Å². The molecule has 0 aliphatic heterocycles. The Hall–Kier alpha value is -2.54. The van der Waals surface area contributed by atoms with Crippen molar-refractivity contribution in [3.8, 4) is 28.5 Å². The van der Waals surface area contributed by atoms with Crippen LogP contribution in [0.2, 0.25) is 0 Å². The molecule has 0 spiro atoms. The molecule has 3 rings (SSSR count). The Bertz CT molecular complexity index is 797. The van der Waals surface area contributed by atoms with Gasteiger partial charge in [-0.05, 0) is 17.7 Å². The van der Waals surface area contributed by atoms with Gasteiger partial charge >= 0.3 is 0 Å². The Balaban J connectivity index is 2.14. The zero-order chi connectivity index (χ0) is 14.1. The standard InChI is InChI=1S/C13H8FN3O2S/c14-8-3-1-7(2-4-8)10-12(18)16-11(17-13(10)19)9-5-20-6-15-9/h1-6H,(H2,16,17,18,19). The molecule has 0 aliphatic rings. The second-order valence-electron chi connectivity index (χ2n) is 3.99. The van der Waals surface area contributed by atoms with Gasteiger partial charge in [0.05, 0.1) is 5.51 Å². The van der Waals surface area contributed by atoms with Crippen LogP contribution in [0, 0.1) is 5.82 Å². The normalized spacial score (nSPS) is 10.7. The fourth-order valence-corrected chi connectivity index (χ4v) is 2.33. The van der Waals surface area contributed by atoms with Crippen LogP contribution in [-0.2, 0) is 0 Å². The molecule has 1 aromatic carbocycles. The van der Waals surface area contributed by atoms with Gasteiger partial charge < -0.3 is 10.1 Å². The molecule has 0 fully saturated rings. The van der Waals surface area contributed by atoms with E-state index in [2.05, 4.69) is 15.0 Å². The van der Waals surface area contributed by atoms with Gasteiger partial charge in [0.15, 0.2) is 5.82 Å². The molecular weight excluding hydrogens is 281 g/mol. The molecule has 5 nitrogen and oxygen atoms in total. The van der Waals surface area contributed by atoms with Crippen molar-refractivity contribution in [1.82, 2.24) is 15.0 Å². The predicted molar refractivity (Wildman–Crippen MR) is 73.0 cm³/mol. The highest BCUT2D eigenvalue weighted by Gasteiger charge is 2.14. The minimum absolute atomic E-state index is 0.00368. The number of halogens is 1. The first kappa shape index (κ1) is 12.5. The summed E-state index contributed by atoms with van der Waals surface area (Å²) in [6, 6.07) is 5.23. The number of H-pyrrole nitrogens is 1. The van der Waals surface area contributed by atoms with Crippen LogP contribution >= 0.6 is 11.3 Å². The van der Waals surface area contributed by atoms with Gasteiger partial charge in [0.2, 0.25) is 5.88 Å². The minimum atomic E-state index is -0.507. The number of rotatable bonds is 2. The molecule has 0 saturated heterocycles. The Kier molecular flexibility index (Phi) is 3.03. The first-order valence-electron chi connectivity index (χ1n) is 5.63. The lowest BCUT2D eigenvalue weighted by Gasteiger charge is -2.04. The topological polar surface area (TPSA) is 78.9 Å². The van der Waals surface area contributed by atoms with Crippen molar-refractivity contribution < 1.29 is 9.50 Å². The average Bonchev–Trinajstić information content (AvgIpc) is 2.94. The molecule has 0 aliphatic carbocycles. The number of nitrogens with one attached hydrogen (secondary N) is 1. The zero-order valence-electron chi connectivity index (χ0n) is 10.0. The van der Waals surface area contributed by atoms with Crippen LogP contribution in [-0.4, -0.2) is 20.1 Å². The maximum Gasteiger partial charge on any atom is 0.262 e. The van der Waals surface area contributed by atoms with Crippen molar-refractivity contribution in [3.63, 3.8) is 0 Å². The highest BCUT2D eigenvalue weighted by molar-refractivity contribution is 7.07. The smallest absolute Gasteiger partial charge is 0.262 e. The van der Waals surface area contributed by atoms with Crippen LogP contribution in [0.1, 0.15) is 0 Å². The summed E-state index contributed by atoms with van der Waals surface area (Å²) >= 11 is 1.35. The molecule has 0 radical (unpaired) electrons. The Morgan fingerprint density at radius 1 is 1.25 bits per heavy atom. The van der Waals surface area contributed by atoms with Crippen molar-refractivity contribution in [3.05, 3.63) is 51.3 Å². The van der Waals surface area contributed by atoms with E-state index in [9.17, 15) is 14.3 Å². The van der Waals surface area contributed by atoms with Crippen LogP contribution in [0.25, 0.3) is 22.6 Å². The van der Waals surface area contributed by atoms with Crippen molar-refractivity contribution in [2.75, 3.05) is 0 Å². The molecule has 2 aromatic heterocycles. The number of benzene rings is 1. The van der Waals surface area contributed by atoms with Gasteiger partial charge in [-0.15, -0.1) is 11.3 Å². The third kappa shape index (κ3) is 2.19. The van der Waals surface area contributed by atoms with Crippen molar-refractivity contribution in [2.24, 2.45) is 0 Å². The fraction of sp³-hybridized carbons (Fsp3) is 0. The van der Waals surface area contributed by atoms with E-state index in [4.69, 9.17) is 0 Å². The number of aromatic hydroxyl groups is 1. The van der Waals surface area contributed by atoms with E-state index >= 15 is 0 Å². The molecule has 2 heterocycles. The SMILES string of the molecule is O=c1[nH]c(-c2cscn2)nc(O)c1-c1ccc(F)cc1. The van der Waals surface area contributed by atoms with Gasteiger partial charge in [0.1, 0.15) is 17.1 Å². The molecule has 7 heteroatoms. The molecule has 0 unspecified atom stereocenters. The predicted octanol–water partition coefficient (Wildman–Crippen LogP) is 2.41. The third-order valence-corrected chi connectivity index (χ3v) is 3.29. The van der Waals surface area contributed by atoms with Gasteiger partial charge in [-0.1, -0.05) is 12.1 Å². The number of aromatic nitrogens is 3. The lowest BCUT2D eigenvalue weighted by Crippen LogP contribution is -2.12. The average molecular weight is 289 g/mol. The summed E-state index contributed by atoms with van der Waals surface area (Å²) in [6.07, 6.45) is 0. The molecular formula is C13H8FN3O2S. The van der Waals surface area contributed by atoms with E-state index in [1.165, 1.54) is 35.6 Å². The van der Waals surface area contributed by atoms with E-state index in [1.807, 2.05) is 0 Å². The van der Waals surface area contributed by atoms with Gasteiger partial charge in [0, 0.05) is 5.38 Å². The van der Waals surface area contributed by atoms with Crippen LogP contribution < -0.4 is 5.56 Å². The highest BCUT2D eigenvalue weighted by atomic mass is 32.1. The molecule has 0 amide bonds. The van der Waals surface area contributed by atoms with Crippen LogP contribution in [0.15, 0.2) is 40.0 Å². The summed E-state index contributed by atoms with van der Waals surface area (Å²) in [5.41, 5.74) is 1.96. The summed E-state index contributed by atoms with van der Waals surface area (Å²) in [4.78, 5) is 22.6. The number of hydrogen-bond donors (Lipinski definition) is 2. The highest BCUT2D eigenvalue weighted by Crippen LogP contribution is 2.25. The fourth-order valence-electron chi connectivity index (χ4n) is 1.79. The monoisotopic (exact) mass is 289 g/mol. The number of hydrogen-bond acceptors (Lipinski definition) is 5. The third-order valence-electron chi connectivity index (χ3n) is 2.71. The molecule has 3 aromatic rings. The summed E-state index contributed by atoms with van der Waals surface area (Å²) in [5.74, 6) is -0.639. The van der Waals surface area contributed by atoms with Crippen molar-refractivity contribution in [2.45, 2.75) is 0 Å². The first-order chi connectivity index (χ1) is 9.65. The summed E-state index contributed by atoms with van der Waals surface area (Å²) < 4.78 is 12.9. The maximum absolute atomic E-state index is 12.9. The van der Waals surface area contributed by atoms with Gasteiger partial charge in [0.25, 0.3) is 5.56 Å². The van der Waals surface area contributed by atoms with E-state index < -0.39 is 17.3 Å². The van der Waals surface area contributed by atoms with Gasteiger partial charge in [-0.3, -0.25) is 4.79 Å². The van der Waals surface area contributed by atoms with E-state index in [1.54, 1.807) is 10.9 Å². The molecule has 0 bridgehead atoms. The maximum atomic E-state index is 12.9. The number of thiazole rings is 1. The lowest BCUT2D eigenvalue weighted by atomic mass is 10.1. The Morgan fingerprint density at radius 3 is 2.60 bits per heavy atom. The van der Waals surface area contributed by atoms with E-state index in [0.717, 1.165) is 0 Å². The van der Waals surface area contributed by atoms with Crippen molar-refractivity contribution in [1.29, 1.82) is 0 Å². The first-order valence-corrected chi connectivity index (χ1v) is 6.57. The summed E-state index contributed by atoms with van der Waals surface area (Å²) in [7, 11) is 0. The number of nitrogens with zero attached hydrogens (tertiary/aromatic N) is 2. The molecule has 20 heavy (non-hydrogen) atoms. The molecule has 2 N–H and O–H groups in total. The lowest BCUT2D eigenvalue weighted by molar-refractivity contribution is 0.454. The van der Waals surface area contributed by atoms with Crippen LogP contribution in [0.3, 0.4) is 0 Å². The minimum Gasteiger partial charge on any atom is -0.493 e. The largest absolute Gasteiger partial charge is 0.493 e. The van der Waals surface area contributed by atoms with E-state index in [-0.39, 0.29) is 11.4 Å². The quantitative estimate of drug-likeness (QED) is 0.759. The van der Waals surface area contributed by atoms with Crippen LogP contribution in [0.5, 0.6) is 5.88 Å². The Labute approximate surface area is 116 Å². The van der Waals surface area contributed by atoms with E-state index in [0.29, 0.717) is 11.3 Å². The second-order valence-corrected chi connectivity index (χ2v) is 4.71. The second kappa shape index (κ2) is 4.86. The zero-order valence-corrected chi connectivity index (χ0v) is 10.8. The molecule has 0 saturated carbocycles.